The quantitative estimate of drug-likeness (QED) is 0.841. The summed E-state index contributed by atoms with van der Waals surface area (Å²) < 4.78 is 31.0. The summed E-state index contributed by atoms with van der Waals surface area (Å²) in [6.45, 7) is 3.63. The van der Waals surface area contributed by atoms with E-state index in [1.54, 1.807) is 6.07 Å². The molecule has 0 aromatic heterocycles. The summed E-state index contributed by atoms with van der Waals surface area (Å²) in [5, 5.41) is 0.357. The number of hydrogen-bond acceptors (Lipinski definition) is 2. The molecule has 3 nitrogen and oxygen atoms in total. The molecule has 0 aliphatic rings. The van der Waals surface area contributed by atoms with Crippen LogP contribution < -0.4 is 0 Å². The van der Waals surface area contributed by atoms with E-state index in [0.717, 1.165) is 0 Å². The minimum Gasteiger partial charge on any atom is -0.282 e. The van der Waals surface area contributed by atoms with Crippen LogP contribution in [0.3, 0.4) is 0 Å². The van der Waals surface area contributed by atoms with Crippen molar-refractivity contribution in [2.75, 3.05) is 0 Å². The molecular weight excluding hydrogens is 259 g/mol. The van der Waals surface area contributed by atoms with Crippen LogP contribution in [0.1, 0.15) is 25.3 Å². The summed E-state index contributed by atoms with van der Waals surface area (Å²) in [6, 6.07) is 4.44. The first kappa shape index (κ1) is 14.7. The van der Waals surface area contributed by atoms with Crippen molar-refractivity contribution < 1.29 is 13.0 Å². The fourth-order valence-corrected chi connectivity index (χ4v) is 2.63. The van der Waals surface area contributed by atoms with Crippen LogP contribution in [0, 0.1) is 0 Å². The molecule has 0 aliphatic heterocycles. The van der Waals surface area contributed by atoms with Crippen molar-refractivity contribution in [2.24, 2.45) is 0 Å². The van der Waals surface area contributed by atoms with Gasteiger partial charge in [0.25, 0.3) is 10.1 Å². The Morgan fingerprint density at radius 2 is 1.87 bits per heavy atom. The van der Waals surface area contributed by atoms with Gasteiger partial charge in [-0.05, 0) is 23.6 Å². The van der Waals surface area contributed by atoms with Crippen molar-refractivity contribution in [1.29, 1.82) is 0 Å². The minimum atomic E-state index is -4.19. The summed E-state index contributed by atoms with van der Waals surface area (Å²) in [7, 11) is -4.19. The first-order valence-electron chi connectivity index (χ1n) is 4.10. The summed E-state index contributed by atoms with van der Waals surface area (Å²) >= 11 is 5.85. The van der Waals surface area contributed by atoms with Crippen LogP contribution in [-0.2, 0) is 10.1 Å². The molecule has 0 aliphatic carbocycles. The van der Waals surface area contributed by atoms with E-state index in [4.69, 9.17) is 16.2 Å². The van der Waals surface area contributed by atoms with Gasteiger partial charge in [-0.2, -0.15) is 8.42 Å². The van der Waals surface area contributed by atoms with Crippen molar-refractivity contribution in [2.45, 2.75) is 24.7 Å². The largest absolute Gasteiger partial charge is 0.294 e. The molecule has 0 saturated carbocycles. The maximum absolute atomic E-state index is 11.0. The fourth-order valence-electron chi connectivity index (χ4n) is 1.30. The summed E-state index contributed by atoms with van der Waals surface area (Å²) in [6.07, 6.45) is 0. The molecule has 1 rings (SSSR count). The lowest BCUT2D eigenvalue weighted by molar-refractivity contribution is 0.481. The first-order valence-corrected chi connectivity index (χ1v) is 5.91. The van der Waals surface area contributed by atoms with E-state index in [-0.39, 0.29) is 23.2 Å². The van der Waals surface area contributed by atoms with Gasteiger partial charge in [0, 0.05) is 5.02 Å². The molecule has 1 aromatic rings. The molecule has 6 heteroatoms. The molecular formula is C9H12Cl2O3S. The fraction of sp³-hybridized carbons (Fsp3) is 0.333. The van der Waals surface area contributed by atoms with Gasteiger partial charge in [-0.1, -0.05) is 31.5 Å². The van der Waals surface area contributed by atoms with E-state index in [0.29, 0.717) is 10.6 Å². The molecule has 1 aromatic carbocycles. The third kappa shape index (κ3) is 3.34. The zero-order valence-corrected chi connectivity index (χ0v) is 10.7. The summed E-state index contributed by atoms with van der Waals surface area (Å²) in [5.41, 5.74) is 0.455. The third-order valence-corrected chi connectivity index (χ3v) is 3.11. The molecule has 1 N–H and O–H groups in total. The summed E-state index contributed by atoms with van der Waals surface area (Å²) in [5.74, 6) is -0.0550. The van der Waals surface area contributed by atoms with Gasteiger partial charge < -0.3 is 0 Å². The zero-order valence-electron chi connectivity index (χ0n) is 8.27. The van der Waals surface area contributed by atoms with Gasteiger partial charge in [0.15, 0.2) is 0 Å². The molecule has 0 unspecified atom stereocenters. The lowest BCUT2D eigenvalue weighted by Crippen LogP contribution is -2.04. The standard InChI is InChI=1S/C9H11ClO3S.ClH/c1-6(2)9-7(10)4-3-5-8(9)14(11,12)13;/h3-6H,1-2H3,(H,11,12,13);1H. The number of halogens is 2. The van der Waals surface area contributed by atoms with Crippen LogP contribution in [0.5, 0.6) is 0 Å². The van der Waals surface area contributed by atoms with Crippen LogP contribution in [-0.4, -0.2) is 13.0 Å². The second kappa shape index (κ2) is 5.16. The Kier molecular flexibility index (Phi) is 5.06. The number of benzene rings is 1. The van der Waals surface area contributed by atoms with Crippen LogP contribution >= 0.6 is 24.0 Å². The van der Waals surface area contributed by atoms with Crippen molar-refractivity contribution in [3.05, 3.63) is 28.8 Å². The van der Waals surface area contributed by atoms with Crippen molar-refractivity contribution >= 4 is 34.1 Å². The smallest absolute Gasteiger partial charge is 0.282 e. The zero-order chi connectivity index (χ0) is 10.9. The average Bonchev–Trinajstić information content (AvgIpc) is 2.01. The molecule has 0 saturated heterocycles. The van der Waals surface area contributed by atoms with Gasteiger partial charge in [-0.3, -0.25) is 4.55 Å². The topological polar surface area (TPSA) is 54.4 Å². The molecule has 15 heavy (non-hydrogen) atoms. The normalized spacial score (nSPS) is 11.3. The average molecular weight is 271 g/mol. The van der Waals surface area contributed by atoms with E-state index in [1.165, 1.54) is 12.1 Å². The maximum atomic E-state index is 11.0. The molecule has 0 atom stereocenters. The van der Waals surface area contributed by atoms with Crippen LogP contribution in [0.15, 0.2) is 23.1 Å². The lowest BCUT2D eigenvalue weighted by atomic mass is 10.0. The van der Waals surface area contributed by atoms with Gasteiger partial charge in [0.1, 0.15) is 0 Å². The highest BCUT2D eigenvalue weighted by atomic mass is 35.5. The first-order chi connectivity index (χ1) is 6.34. The predicted molar refractivity (Wildman–Crippen MR) is 62.6 cm³/mol. The van der Waals surface area contributed by atoms with E-state index in [1.807, 2.05) is 13.8 Å². The second-order valence-electron chi connectivity index (χ2n) is 3.28. The molecule has 0 spiro atoms. The Morgan fingerprint density at radius 3 is 2.20 bits per heavy atom. The van der Waals surface area contributed by atoms with Crippen molar-refractivity contribution in [3.8, 4) is 0 Å². The summed E-state index contributed by atoms with van der Waals surface area (Å²) in [4.78, 5) is -0.111. The Bertz CT molecular complexity index is 441. The van der Waals surface area contributed by atoms with E-state index in [9.17, 15) is 8.42 Å². The maximum Gasteiger partial charge on any atom is 0.294 e. The molecule has 0 heterocycles. The molecule has 86 valence electrons. The van der Waals surface area contributed by atoms with Crippen molar-refractivity contribution in [3.63, 3.8) is 0 Å². The second-order valence-corrected chi connectivity index (χ2v) is 5.08. The SMILES string of the molecule is CC(C)c1c(Cl)cccc1S(=O)(=O)O.Cl. The molecule has 0 bridgehead atoms. The van der Waals surface area contributed by atoms with Gasteiger partial charge in [0.05, 0.1) is 4.90 Å². The predicted octanol–water partition coefficient (Wildman–Crippen LogP) is 3.13. The monoisotopic (exact) mass is 270 g/mol. The third-order valence-electron chi connectivity index (χ3n) is 1.87. The van der Waals surface area contributed by atoms with Gasteiger partial charge >= 0.3 is 0 Å². The minimum absolute atomic E-state index is 0. The molecule has 0 radical (unpaired) electrons. The Labute approximate surface area is 101 Å². The van der Waals surface area contributed by atoms with Crippen molar-refractivity contribution in [1.82, 2.24) is 0 Å². The number of hydrogen-bond donors (Lipinski definition) is 1. The van der Waals surface area contributed by atoms with E-state index < -0.39 is 10.1 Å². The van der Waals surface area contributed by atoms with Gasteiger partial charge in [-0.15, -0.1) is 12.4 Å². The highest BCUT2D eigenvalue weighted by molar-refractivity contribution is 7.85. The number of rotatable bonds is 2. The Hall–Kier alpha value is -0.290. The Morgan fingerprint density at radius 1 is 1.33 bits per heavy atom. The Balaban J connectivity index is 0.00000196. The van der Waals surface area contributed by atoms with Crippen LogP contribution in [0.25, 0.3) is 0 Å². The highest BCUT2D eigenvalue weighted by Crippen LogP contribution is 2.30. The molecule has 0 amide bonds. The lowest BCUT2D eigenvalue weighted by Gasteiger charge is -2.11. The van der Waals surface area contributed by atoms with Gasteiger partial charge in [0.2, 0.25) is 0 Å². The van der Waals surface area contributed by atoms with Gasteiger partial charge in [-0.25, -0.2) is 0 Å². The highest BCUT2D eigenvalue weighted by Gasteiger charge is 2.19. The van der Waals surface area contributed by atoms with Crippen LogP contribution in [0.2, 0.25) is 5.02 Å². The molecule has 0 fully saturated rings. The van der Waals surface area contributed by atoms with E-state index >= 15 is 0 Å². The van der Waals surface area contributed by atoms with Crippen LogP contribution in [0.4, 0.5) is 0 Å². The van der Waals surface area contributed by atoms with E-state index in [2.05, 4.69) is 0 Å².